The number of benzene rings is 3. The third-order valence-corrected chi connectivity index (χ3v) is 7.80. The average Bonchev–Trinajstić information content (AvgIpc) is 3.32. The molecular formula is C32H39N5O. The van der Waals surface area contributed by atoms with Gasteiger partial charge >= 0.3 is 0 Å². The third-order valence-electron chi connectivity index (χ3n) is 7.80. The number of para-hydroxylation sites is 3. The van der Waals surface area contributed by atoms with Crippen LogP contribution in [0.4, 0.5) is 11.6 Å². The molecule has 1 amide bonds. The van der Waals surface area contributed by atoms with Crippen LogP contribution < -0.4 is 15.1 Å². The number of hydrogen-bond acceptors (Lipinski definition) is 4. The molecule has 1 aromatic heterocycles. The molecule has 5 rings (SSSR count). The molecule has 3 aromatic carbocycles. The number of carbonyl (C=O) groups excluding carboxylic acids is 1. The van der Waals surface area contributed by atoms with Crippen LogP contribution >= 0.6 is 0 Å². The number of anilines is 2. The fraction of sp³-hybridized carbons (Fsp3) is 0.375. The lowest BCUT2D eigenvalue weighted by Gasteiger charge is -2.32. The third kappa shape index (κ3) is 5.69. The molecule has 0 bridgehead atoms. The molecule has 38 heavy (non-hydrogen) atoms. The Labute approximate surface area is 226 Å². The van der Waals surface area contributed by atoms with Crippen molar-refractivity contribution < 1.29 is 4.79 Å². The van der Waals surface area contributed by atoms with Gasteiger partial charge in [0.05, 0.1) is 17.6 Å². The second kappa shape index (κ2) is 11.7. The molecule has 1 N–H and O–H groups in total. The van der Waals surface area contributed by atoms with Crippen molar-refractivity contribution in [2.24, 2.45) is 5.92 Å². The summed E-state index contributed by atoms with van der Waals surface area (Å²) >= 11 is 0. The van der Waals surface area contributed by atoms with E-state index in [1.807, 2.05) is 6.07 Å². The van der Waals surface area contributed by atoms with Crippen molar-refractivity contribution in [3.05, 3.63) is 89.5 Å². The summed E-state index contributed by atoms with van der Waals surface area (Å²) in [6, 6.07) is 25.4. The van der Waals surface area contributed by atoms with E-state index in [-0.39, 0.29) is 11.8 Å². The summed E-state index contributed by atoms with van der Waals surface area (Å²) in [7, 11) is 0. The maximum atomic E-state index is 13.0. The van der Waals surface area contributed by atoms with Gasteiger partial charge in [0.15, 0.2) is 0 Å². The fourth-order valence-electron chi connectivity index (χ4n) is 5.51. The monoisotopic (exact) mass is 509 g/mol. The van der Waals surface area contributed by atoms with Crippen molar-refractivity contribution in [3.63, 3.8) is 0 Å². The van der Waals surface area contributed by atoms with E-state index >= 15 is 0 Å². The molecule has 1 aliphatic heterocycles. The summed E-state index contributed by atoms with van der Waals surface area (Å²) in [5.74, 6) is 1.24. The number of fused-ring (bicyclic) bond motifs is 1. The van der Waals surface area contributed by atoms with Gasteiger partial charge < -0.3 is 19.7 Å². The van der Waals surface area contributed by atoms with Crippen LogP contribution in [0.3, 0.4) is 0 Å². The number of nitrogens with zero attached hydrogens (tertiary/aromatic N) is 4. The van der Waals surface area contributed by atoms with Gasteiger partial charge in [-0.15, -0.1) is 0 Å². The molecule has 6 heteroatoms. The van der Waals surface area contributed by atoms with E-state index < -0.39 is 0 Å². The van der Waals surface area contributed by atoms with Gasteiger partial charge in [-0.3, -0.25) is 4.79 Å². The first kappa shape index (κ1) is 25.8. The first-order chi connectivity index (χ1) is 18.5. The number of aromatic nitrogens is 2. The molecule has 0 aliphatic carbocycles. The molecule has 0 radical (unpaired) electrons. The molecule has 0 saturated carbocycles. The van der Waals surface area contributed by atoms with E-state index in [1.165, 1.54) is 22.4 Å². The second-order valence-corrected chi connectivity index (χ2v) is 10.4. The maximum Gasteiger partial charge on any atom is 0.223 e. The SMILES string of the molecule is CCN(CCNC(=O)C1CCN(c2nc3ccccc3n2Cc2cc(C)ccc2C)CC1)c1ccccc1. The first-order valence-electron chi connectivity index (χ1n) is 13.9. The standard InChI is InChI=1S/C32H39N5O/c1-4-35(28-10-6-5-7-11-28)21-18-33-31(38)26-16-19-36(20-17-26)32-34-29-12-8-9-13-30(29)37(32)23-27-22-24(2)14-15-25(27)3/h5-15,22,26H,4,16-21,23H2,1-3H3,(H,33,38). The van der Waals surface area contributed by atoms with E-state index in [2.05, 4.69) is 107 Å². The molecule has 6 nitrogen and oxygen atoms in total. The van der Waals surface area contributed by atoms with E-state index in [1.54, 1.807) is 0 Å². The Morgan fingerprint density at radius 2 is 1.74 bits per heavy atom. The summed E-state index contributed by atoms with van der Waals surface area (Å²) in [6.45, 7) is 11.3. The van der Waals surface area contributed by atoms with Gasteiger partial charge in [0.2, 0.25) is 11.9 Å². The lowest BCUT2D eigenvalue weighted by atomic mass is 9.96. The van der Waals surface area contributed by atoms with E-state index in [9.17, 15) is 4.79 Å². The minimum atomic E-state index is 0.0508. The molecule has 1 fully saturated rings. The van der Waals surface area contributed by atoms with Gasteiger partial charge in [0, 0.05) is 44.3 Å². The minimum absolute atomic E-state index is 0.0508. The Balaban J connectivity index is 1.23. The predicted octanol–water partition coefficient (Wildman–Crippen LogP) is 5.56. The van der Waals surface area contributed by atoms with Crippen LogP contribution in [0.25, 0.3) is 11.0 Å². The zero-order valence-corrected chi connectivity index (χ0v) is 22.9. The molecule has 0 unspecified atom stereocenters. The van der Waals surface area contributed by atoms with Crippen LogP contribution in [0.1, 0.15) is 36.5 Å². The zero-order chi connectivity index (χ0) is 26.5. The lowest BCUT2D eigenvalue weighted by Crippen LogP contribution is -2.43. The van der Waals surface area contributed by atoms with E-state index in [0.717, 1.165) is 62.5 Å². The van der Waals surface area contributed by atoms with Gasteiger partial charge in [-0.2, -0.15) is 0 Å². The fourth-order valence-corrected chi connectivity index (χ4v) is 5.51. The molecule has 1 aliphatic rings. The second-order valence-electron chi connectivity index (χ2n) is 10.4. The Morgan fingerprint density at radius 1 is 1.00 bits per heavy atom. The number of piperidine rings is 1. The number of rotatable bonds is 9. The number of amides is 1. The molecule has 4 aromatic rings. The molecular weight excluding hydrogens is 470 g/mol. The molecule has 2 heterocycles. The average molecular weight is 510 g/mol. The van der Waals surface area contributed by atoms with Gasteiger partial charge in [0.25, 0.3) is 0 Å². The van der Waals surface area contributed by atoms with Crippen molar-refractivity contribution in [1.82, 2.24) is 14.9 Å². The van der Waals surface area contributed by atoms with Crippen LogP contribution in [-0.4, -0.2) is 48.2 Å². The van der Waals surface area contributed by atoms with E-state index in [0.29, 0.717) is 6.54 Å². The quantitative estimate of drug-likeness (QED) is 0.321. The predicted molar refractivity (Wildman–Crippen MR) is 157 cm³/mol. The van der Waals surface area contributed by atoms with Crippen LogP contribution in [-0.2, 0) is 11.3 Å². The lowest BCUT2D eigenvalue weighted by molar-refractivity contribution is -0.125. The minimum Gasteiger partial charge on any atom is -0.370 e. The van der Waals surface area contributed by atoms with Crippen molar-refractivity contribution in [2.75, 3.05) is 42.5 Å². The molecule has 0 atom stereocenters. The highest BCUT2D eigenvalue weighted by Crippen LogP contribution is 2.28. The number of nitrogens with one attached hydrogen (secondary N) is 1. The normalized spacial score (nSPS) is 14.1. The molecule has 198 valence electrons. The highest BCUT2D eigenvalue weighted by atomic mass is 16.1. The van der Waals surface area contributed by atoms with Crippen molar-refractivity contribution in [2.45, 2.75) is 40.2 Å². The highest BCUT2D eigenvalue weighted by Gasteiger charge is 2.28. The van der Waals surface area contributed by atoms with Crippen molar-refractivity contribution >= 4 is 28.6 Å². The van der Waals surface area contributed by atoms with Crippen LogP contribution in [0.5, 0.6) is 0 Å². The van der Waals surface area contributed by atoms with Crippen LogP contribution in [0.2, 0.25) is 0 Å². The number of carbonyl (C=O) groups is 1. The summed E-state index contributed by atoms with van der Waals surface area (Å²) in [4.78, 5) is 22.7. The van der Waals surface area contributed by atoms with E-state index in [4.69, 9.17) is 4.98 Å². The maximum absolute atomic E-state index is 13.0. The summed E-state index contributed by atoms with van der Waals surface area (Å²) in [6.07, 6.45) is 1.68. The summed E-state index contributed by atoms with van der Waals surface area (Å²) in [5.41, 5.74) is 7.26. The number of aryl methyl sites for hydroxylation is 2. The number of likely N-dealkylation sites (N-methyl/N-ethyl adjacent to an activating group) is 1. The first-order valence-corrected chi connectivity index (χ1v) is 13.9. The summed E-state index contributed by atoms with van der Waals surface area (Å²) < 4.78 is 2.35. The number of imidazole rings is 1. The topological polar surface area (TPSA) is 53.4 Å². The summed E-state index contributed by atoms with van der Waals surface area (Å²) in [5, 5.41) is 3.20. The van der Waals surface area contributed by atoms with Crippen molar-refractivity contribution in [3.8, 4) is 0 Å². The Bertz CT molecular complexity index is 1370. The van der Waals surface area contributed by atoms with Gasteiger partial charge in [0.1, 0.15) is 0 Å². The zero-order valence-electron chi connectivity index (χ0n) is 22.9. The smallest absolute Gasteiger partial charge is 0.223 e. The molecule has 1 saturated heterocycles. The Hall–Kier alpha value is -3.80. The largest absolute Gasteiger partial charge is 0.370 e. The van der Waals surface area contributed by atoms with Gasteiger partial charge in [-0.1, -0.05) is 54.1 Å². The number of hydrogen-bond donors (Lipinski definition) is 1. The van der Waals surface area contributed by atoms with Crippen LogP contribution in [0, 0.1) is 19.8 Å². The molecule has 0 spiro atoms. The highest BCUT2D eigenvalue weighted by molar-refractivity contribution is 5.80. The Morgan fingerprint density at radius 3 is 2.50 bits per heavy atom. The van der Waals surface area contributed by atoms with Gasteiger partial charge in [-0.05, 0) is 69.0 Å². The Kier molecular flexibility index (Phi) is 7.97. The van der Waals surface area contributed by atoms with Crippen LogP contribution in [0.15, 0.2) is 72.8 Å². The van der Waals surface area contributed by atoms with Crippen molar-refractivity contribution in [1.29, 1.82) is 0 Å². The van der Waals surface area contributed by atoms with Gasteiger partial charge in [-0.25, -0.2) is 4.98 Å².